The molecule has 0 aromatic heterocycles. The maximum Gasteiger partial charge on any atom is 0.309 e. The van der Waals surface area contributed by atoms with E-state index in [0.717, 1.165) is 5.69 Å². The number of hydrogen-bond donors (Lipinski definition) is 3. The van der Waals surface area contributed by atoms with Crippen molar-refractivity contribution in [3.63, 3.8) is 0 Å². The molecule has 8 heteroatoms. The van der Waals surface area contributed by atoms with E-state index in [0.29, 0.717) is 45.6 Å². The molecule has 0 saturated carbocycles. The molecule has 30 heavy (non-hydrogen) atoms. The molecule has 1 aliphatic heterocycles. The van der Waals surface area contributed by atoms with Crippen LogP contribution in [0.4, 0.5) is 10.1 Å². The fourth-order valence-corrected chi connectivity index (χ4v) is 2.52. The Kier molecular flexibility index (Phi) is 26.1. The number of carboxylic acid groups (broad SMARTS) is 1. The van der Waals surface area contributed by atoms with Crippen LogP contribution in [-0.2, 0) is 9.53 Å². The Hall–Kier alpha value is -1.74. The smallest absolute Gasteiger partial charge is 0.309 e. The summed E-state index contributed by atoms with van der Waals surface area (Å²) in [4.78, 5) is 11.2. The predicted octanol–water partition coefficient (Wildman–Crippen LogP) is 4.70. The van der Waals surface area contributed by atoms with Crippen LogP contribution in [-0.4, -0.2) is 60.2 Å². The molecule has 2 rings (SSSR count). The van der Waals surface area contributed by atoms with E-state index in [-0.39, 0.29) is 18.7 Å². The van der Waals surface area contributed by atoms with Crippen LogP contribution in [0.15, 0.2) is 24.3 Å². The van der Waals surface area contributed by atoms with E-state index in [1.807, 2.05) is 34.6 Å². The van der Waals surface area contributed by atoms with Gasteiger partial charge in [0, 0.05) is 39.0 Å². The molecule has 180 valence electrons. The fourth-order valence-electron chi connectivity index (χ4n) is 2.52. The summed E-state index contributed by atoms with van der Waals surface area (Å²) in [7, 11) is 1.80. The fraction of sp³-hybridized carbons (Fsp3) is 0.682. The van der Waals surface area contributed by atoms with Gasteiger partial charge in [-0.15, -0.1) is 0 Å². The van der Waals surface area contributed by atoms with Gasteiger partial charge in [-0.05, 0) is 50.5 Å². The summed E-state index contributed by atoms with van der Waals surface area (Å²) in [5.41, 5.74) is 0.227. The molecule has 1 aromatic carbocycles. The molecule has 0 spiro atoms. The van der Waals surface area contributed by atoms with Gasteiger partial charge in [0.15, 0.2) is 0 Å². The molecule has 1 aromatic rings. The minimum atomic E-state index is -0.768. The van der Waals surface area contributed by atoms with Gasteiger partial charge in [-0.1, -0.05) is 35.1 Å². The number of halogens is 1. The highest BCUT2D eigenvalue weighted by atomic mass is 19.1. The van der Waals surface area contributed by atoms with Gasteiger partial charge in [-0.2, -0.15) is 5.06 Å². The largest absolute Gasteiger partial charge is 0.481 e. The van der Waals surface area contributed by atoms with Crippen LogP contribution >= 0.6 is 0 Å². The molecule has 0 bridgehead atoms. The van der Waals surface area contributed by atoms with E-state index in [2.05, 4.69) is 5.32 Å². The number of carboxylic acids is 1. The Labute approximate surface area is 182 Å². The van der Waals surface area contributed by atoms with E-state index in [1.54, 1.807) is 19.2 Å². The second-order valence-corrected chi connectivity index (χ2v) is 5.74. The number of anilines is 1. The molecule has 1 fully saturated rings. The molecule has 0 amide bonds. The van der Waals surface area contributed by atoms with Gasteiger partial charge in [0.25, 0.3) is 0 Å². The average Bonchev–Trinajstić information content (AvgIpc) is 2.74. The van der Waals surface area contributed by atoms with Crippen molar-refractivity contribution in [3.8, 4) is 0 Å². The number of rotatable bonds is 6. The van der Waals surface area contributed by atoms with Gasteiger partial charge in [0.1, 0.15) is 5.82 Å². The van der Waals surface area contributed by atoms with Crippen LogP contribution in [0, 0.1) is 11.2 Å². The molecule has 7 nitrogen and oxygen atoms in total. The molecule has 0 atom stereocenters. The lowest BCUT2D eigenvalue weighted by atomic mass is 9.76. The summed E-state index contributed by atoms with van der Waals surface area (Å²) in [6.07, 6.45) is 1.52. The first-order chi connectivity index (χ1) is 13.4. The number of benzene rings is 1. The van der Waals surface area contributed by atoms with Gasteiger partial charge in [-0.3, -0.25) is 4.79 Å². The normalized spacial score (nSPS) is 13.9. The Morgan fingerprint density at radius 1 is 1.17 bits per heavy atom. The van der Waals surface area contributed by atoms with Gasteiger partial charge in [0.05, 0.1) is 5.41 Å². The van der Waals surface area contributed by atoms with Gasteiger partial charge < -0.3 is 25.8 Å². The lowest BCUT2D eigenvalue weighted by molar-refractivity contribution is -0.166. The van der Waals surface area contributed by atoms with Crippen LogP contribution in [0.1, 0.15) is 61.3 Å². The lowest BCUT2D eigenvalue weighted by Crippen LogP contribution is -2.43. The number of piperidine rings is 1. The second-order valence-electron chi connectivity index (χ2n) is 5.74. The van der Waals surface area contributed by atoms with E-state index in [1.165, 1.54) is 17.2 Å². The minimum absolute atomic E-state index is 0. The highest BCUT2D eigenvalue weighted by molar-refractivity contribution is 5.74. The number of aliphatic carboxylic acids is 1. The van der Waals surface area contributed by atoms with Crippen LogP contribution in [0.5, 0.6) is 0 Å². The molecular formula is C22H45FN2O5. The van der Waals surface area contributed by atoms with Crippen molar-refractivity contribution in [2.24, 2.45) is 5.41 Å². The van der Waals surface area contributed by atoms with E-state index >= 15 is 0 Å². The summed E-state index contributed by atoms with van der Waals surface area (Å²) in [6, 6.07) is 6.22. The summed E-state index contributed by atoms with van der Waals surface area (Å²) in [5, 5.41) is 22.5. The molecule has 0 unspecified atom stereocenters. The molecule has 1 heterocycles. The lowest BCUT2D eigenvalue weighted by Gasteiger charge is -2.36. The van der Waals surface area contributed by atoms with Crippen molar-refractivity contribution in [2.75, 3.05) is 38.7 Å². The first-order valence-electron chi connectivity index (χ1n) is 10.1. The summed E-state index contributed by atoms with van der Waals surface area (Å²) >= 11 is 0. The van der Waals surface area contributed by atoms with Crippen molar-refractivity contribution < 1.29 is 29.7 Å². The molecule has 5 N–H and O–H groups in total. The Balaban J connectivity index is -0.000000195. The quantitative estimate of drug-likeness (QED) is 0.557. The maximum absolute atomic E-state index is 12.2. The molecule has 0 radical (unpaired) electrons. The number of ether oxygens (including phenoxy) is 1. The number of nitrogens with zero attached hydrogens (tertiary/aromatic N) is 1. The summed E-state index contributed by atoms with van der Waals surface area (Å²) in [5.74, 6) is -0.968. The van der Waals surface area contributed by atoms with E-state index in [4.69, 9.17) is 4.74 Å². The van der Waals surface area contributed by atoms with Crippen molar-refractivity contribution in [2.45, 2.75) is 61.3 Å². The summed E-state index contributed by atoms with van der Waals surface area (Å²) in [6.45, 7) is 11.8. The first kappa shape index (κ1) is 35.7. The van der Waals surface area contributed by atoms with Crippen LogP contribution in [0.2, 0.25) is 0 Å². The third-order valence-corrected chi connectivity index (χ3v) is 4.21. The Morgan fingerprint density at radius 2 is 1.63 bits per heavy atom. The van der Waals surface area contributed by atoms with Crippen molar-refractivity contribution in [3.05, 3.63) is 30.1 Å². The molecule has 0 aliphatic carbocycles. The zero-order valence-corrected chi connectivity index (χ0v) is 18.8. The monoisotopic (exact) mass is 436 g/mol. The van der Waals surface area contributed by atoms with Gasteiger partial charge in [0.2, 0.25) is 0 Å². The molecular weight excluding hydrogens is 391 g/mol. The SMILES string of the molecule is C.CC.CC.CCOCCC1(C(=O)O)CCN(O)CC1.CNc1ccc(F)cc1.O. The van der Waals surface area contributed by atoms with Crippen molar-refractivity contribution in [1.82, 2.24) is 5.06 Å². The van der Waals surface area contributed by atoms with Gasteiger partial charge in [-0.25, -0.2) is 4.39 Å². The summed E-state index contributed by atoms with van der Waals surface area (Å²) < 4.78 is 17.4. The van der Waals surface area contributed by atoms with Crippen molar-refractivity contribution in [1.29, 1.82) is 0 Å². The standard InChI is InChI=1S/C10H19NO4.C7H8FN.2C2H6.CH4.H2O/c1-2-15-8-5-10(9(12)13)3-6-11(14)7-4-10;1-9-7-4-2-6(8)3-5-7;2*1-2;;/h14H,2-8H2,1H3,(H,12,13);2-5,9H,1H3;2*1-2H3;1H4;1H2. The third kappa shape index (κ3) is 14.3. The zero-order valence-electron chi connectivity index (χ0n) is 18.8. The second kappa shape index (κ2) is 22.0. The predicted molar refractivity (Wildman–Crippen MR) is 123 cm³/mol. The third-order valence-electron chi connectivity index (χ3n) is 4.21. The molecule has 1 aliphatic rings. The van der Waals surface area contributed by atoms with Crippen LogP contribution in [0.3, 0.4) is 0 Å². The highest BCUT2D eigenvalue weighted by Gasteiger charge is 2.40. The number of hydroxylamine groups is 2. The van der Waals surface area contributed by atoms with Crippen LogP contribution < -0.4 is 5.32 Å². The number of hydrogen-bond acceptors (Lipinski definition) is 5. The number of nitrogens with one attached hydrogen (secondary N) is 1. The molecule has 1 saturated heterocycles. The minimum Gasteiger partial charge on any atom is -0.481 e. The first-order valence-corrected chi connectivity index (χ1v) is 10.1. The topological polar surface area (TPSA) is 114 Å². The zero-order chi connectivity index (χ0) is 22.0. The van der Waals surface area contributed by atoms with Gasteiger partial charge >= 0.3 is 5.97 Å². The van der Waals surface area contributed by atoms with Crippen LogP contribution in [0.25, 0.3) is 0 Å². The van der Waals surface area contributed by atoms with E-state index in [9.17, 15) is 19.5 Å². The Bertz CT molecular complexity index is 493. The highest BCUT2D eigenvalue weighted by Crippen LogP contribution is 2.34. The Morgan fingerprint density at radius 3 is 2.00 bits per heavy atom. The van der Waals surface area contributed by atoms with Crippen molar-refractivity contribution >= 4 is 11.7 Å². The van der Waals surface area contributed by atoms with E-state index < -0.39 is 11.4 Å². The maximum atomic E-state index is 12.2. The average molecular weight is 437 g/mol. The number of carbonyl (C=O) groups is 1.